The number of aromatic hydroxyl groups is 1. The van der Waals surface area contributed by atoms with E-state index in [0.717, 1.165) is 0 Å². The fourth-order valence-electron chi connectivity index (χ4n) is 2.15. The third-order valence-corrected chi connectivity index (χ3v) is 4.04. The van der Waals surface area contributed by atoms with Crippen molar-refractivity contribution < 1.29 is 19.4 Å². The number of fused-ring (bicyclic) bond motifs is 1. The lowest BCUT2D eigenvalue weighted by Crippen LogP contribution is -2.33. The molecular weight excluding hydrogens is 354 g/mol. The lowest BCUT2D eigenvalue weighted by molar-refractivity contribution is -0.141. The van der Waals surface area contributed by atoms with Gasteiger partial charge in [-0.15, -0.1) is 0 Å². The highest BCUT2D eigenvalue weighted by Gasteiger charge is 2.31. The molecule has 0 unspecified atom stereocenters. The van der Waals surface area contributed by atoms with Crippen LogP contribution in [-0.4, -0.2) is 32.9 Å². The van der Waals surface area contributed by atoms with Crippen molar-refractivity contribution in [3.63, 3.8) is 0 Å². The summed E-state index contributed by atoms with van der Waals surface area (Å²) in [6.07, 6.45) is 0. The number of ether oxygens (including phenoxy) is 1. The quantitative estimate of drug-likeness (QED) is 0.385. The first-order valence-corrected chi connectivity index (χ1v) is 7.47. The smallest absolute Gasteiger partial charge is 0.327 e. The number of rotatable bonds is 4. The molecule has 1 aromatic heterocycles. The summed E-state index contributed by atoms with van der Waals surface area (Å²) < 4.78 is 6.00. The minimum atomic E-state index is -1.34. The molecule has 1 N–H and O–H groups in total. The van der Waals surface area contributed by atoms with Gasteiger partial charge >= 0.3 is 5.97 Å². The van der Waals surface area contributed by atoms with Crippen LogP contribution in [0.3, 0.4) is 0 Å². The molecule has 0 saturated carbocycles. The predicted octanol–water partition coefficient (Wildman–Crippen LogP) is 1.75. The number of hydrogen-bond acceptors (Lipinski definition) is 5. The third kappa shape index (κ3) is 2.64. The molecule has 6 nitrogen and oxygen atoms in total. The Bertz CT molecular complexity index is 811. The van der Waals surface area contributed by atoms with Gasteiger partial charge in [0.25, 0.3) is 5.56 Å². The molecule has 0 aliphatic heterocycles. The van der Waals surface area contributed by atoms with E-state index < -0.39 is 33.5 Å². The average molecular weight is 368 g/mol. The summed E-state index contributed by atoms with van der Waals surface area (Å²) in [5.74, 6) is -2.07. The van der Waals surface area contributed by atoms with Crippen molar-refractivity contribution in [1.29, 1.82) is 0 Å². The average Bonchev–Trinajstić information content (AvgIpc) is 2.52. The fraction of sp³-hybridized carbons (Fsp3) is 0.267. The molecule has 0 spiro atoms. The Kier molecular flexibility index (Phi) is 4.65. The number of ketones is 1. The molecule has 0 radical (unpaired) electrons. The molecule has 22 heavy (non-hydrogen) atoms. The number of halogens is 1. The highest BCUT2D eigenvalue weighted by Crippen LogP contribution is 2.27. The van der Waals surface area contributed by atoms with Gasteiger partial charge in [-0.3, -0.25) is 14.4 Å². The summed E-state index contributed by atoms with van der Waals surface area (Å²) >= 11 is 2.92. The number of carbonyl (C=O) groups excluding carboxylic acids is 2. The minimum absolute atomic E-state index is 0.107. The highest BCUT2D eigenvalue weighted by atomic mass is 79.9. The standard InChI is InChI=1S/C15H14BrNO5/c1-3-22-15(21)11(16)13(19)10-12(18)8-6-4-5-7-9(8)17(2)14(10)20/h4-7,11,18H,3H2,1-2H3/t11-/m1/s1. The van der Waals surface area contributed by atoms with E-state index in [1.54, 1.807) is 31.2 Å². The van der Waals surface area contributed by atoms with Crippen LogP contribution in [-0.2, 0) is 16.6 Å². The van der Waals surface area contributed by atoms with Gasteiger partial charge in [0, 0.05) is 12.4 Å². The number of aromatic nitrogens is 1. The first-order chi connectivity index (χ1) is 10.4. The Balaban J connectivity index is 2.63. The van der Waals surface area contributed by atoms with E-state index in [4.69, 9.17) is 4.74 Å². The Morgan fingerprint density at radius 1 is 1.36 bits per heavy atom. The van der Waals surface area contributed by atoms with Gasteiger partial charge in [0.15, 0.2) is 10.6 Å². The monoisotopic (exact) mass is 367 g/mol. The Morgan fingerprint density at radius 3 is 2.64 bits per heavy atom. The molecule has 0 aliphatic rings. The molecule has 116 valence electrons. The van der Waals surface area contributed by atoms with Crippen LogP contribution in [0, 0.1) is 0 Å². The summed E-state index contributed by atoms with van der Waals surface area (Å²) in [6.45, 7) is 1.71. The number of para-hydroxylation sites is 1. The summed E-state index contributed by atoms with van der Waals surface area (Å²) in [6, 6.07) is 6.64. The Labute approximate surface area is 134 Å². The highest BCUT2D eigenvalue weighted by molar-refractivity contribution is 9.10. The Hall–Kier alpha value is -2.15. The summed E-state index contributed by atoms with van der Waals surface area (Å²) in [4.78, 5) is 35.0. The first kappa shape index (κ1) is 16.2. The topological polar surface area (TPSA) is 85.6 Å². The zero-order valence-electron chi connectivity index (χ0n) is 12.0. The maximum Gasteiger partial charge on any atom is 0.327 e. The van der Waals surface area contributed by atoms with Crippen LogP contribution < -0.4 is 5.56 Å². The molecular formula is C15H14BrNO5. The number of esters is 1. The maximum absolute atomic E-state index is 12.4. The molecule has 0 amide bonds. The molecule has 1 atom stereocenters. The molecule has 1 heterocycles. The predicted molar refractivity (Wildman–Crippen MR) is 84.5 cm³/mol. The van der Waals surface area contributed by atoms with Crippen molar-refractivity contribution in [2.24, 2.45) is 7.05 Å². The zero-order chi connectivity index (χ0) is 16.4. The van der Waals surface area contributed by atoms with Crippen LogP contribution in [0.25, 0.3) is 10.9 Å². The normalized spacial score (nSPS) is 12.1. The fourth-order valence-corrected chi connectivity index (χ4v) is 2.51. The third-order valence-electron chi connectivity index (χ3n) is 3.25. The minimum Gasteiger partial charge on any atom is -0.506 e. The van der Waals surface area contributed by atoms with Gasteiger partial charge < -0.3 is 14.4 Å². The van der Waals surface area contributed by atoms with Crippen LogP contribution >= 0.6 is 15.9 Å². The van der Waals surface area contributed by atoms with Gasteiger partial charge in [0.05, 0.1) is 12.1 Å². The molecule has 2 aromatic rings. The van der Waals surface area contributed by atoms with Crippen LogP contribution in [0.15, 0.2) is 29.1 Å². The molecule has 0 fully saturated rings. The summed E-state index contributed by atoms with van der Waals surface area (Å²) in [5.41, 5.74) is -0.616. The number of aryl methyl sites for hydroxylation is 1. The second kappa shape index (κ2) is 6.31. The van der Waals surface area contributed by atoms with E-state index in [1.807, 2.05) is 0 Å². The first-order valence-electron chi connectivity index (χ1n) is 6.55. The van der Waals surface area contributed by atoms with E-state index in [0.29, 0.717) is 10.9 Å². The van der Waals surface area contributed by atoms with Gasteiger partial charge in [0.1, 0.15) is 11.3 Å². The zero-order valence-corrected chi connectivity index (χ0v) is 13.6. The van der Waals surface area contributed by atoms with Crippen LogP contribution in [0.4, 0.5) is 0 Å². The van der Waals surface area contributed by atoms with Crippen molar-refractivity contribution in [2.75, 3.05) is 6.61 Å². The van der Waals surface area contributed by atoms with Crippen molar-refractivity contribution in [3.8, 4) is 5.75 Å². The van der Waals surface area contributed by atoms with Gasteiger partial charge in [-0.05, 0) is 19.1 Å². The second-order valence-electron chi connectivity index (χ2n) is 4.58. The molecule has 0 aliphatic carbocycles. The van der Waals surface area contributed by atoms with Gasteiger partial charge in [-0.2, -0.15) is 0 Å². The molecule has 1 aromatic carbocycles. The second-order valence-corrected chi connectivity index (χ2v) is 5.50. The van der Waals surface area contributed by atoms with Gasteiger partial charge in [-0.25, -0.2) is 0 Å². The van der Waals surface area contributed by atoms with Crippen molar-refractivity contribution in [1.82, 2.24) is 4.57 Å². The van der Waals surface area contributed by atoms with E-state index in [-0.39, 0.29) is 6.61 Å². The maximum atomic E-state index is 12.4. The number of nitrogens with zero attached hydrogens (tertiary/aromatic N) is 1. The van der Waals surface area contributed by atoms with Crippen molar-refractivity contribution >= 4 is 38.6 Å². The lowest BCUT2D eigenvalue weighted by atomic mass is 10.0. The van der Waals surface area contributed by atoms with Crippen LogP contribution in [0.2, 0.25) is 0 Å². The van der Waals surface area contributed by atoms with Gasteiger partial charge in [-0.1, -0.05) is 28.1 Å². The van der Waals surface area contributed by atoms with Crippen LogP contribution in [0.5, 0.6) is 5.75 Å². The molecule has 0 bridgehead atoms. The number of pyridine rings is 1. The van der Waals surface area contributed by atoms with E-state index in [1.165, 1.54) is 11.6 Å². The van der Waals surface area contributed by atoms with Gasteiger partial charge in [0.2, 0.25) is 0 Å². The van der Waals surface area contributed by atoms with Crippen LogP contribution in [0.1, 0.15) is 17.3 Å². The number of hydrogen-bond donors (Lipinski definition) is 1. The Morgan fingerprint density at radius 2 is 2.00 bits per heavy atom. The van der Waals surface area contributed by atoms with E-state index in [2.05, 4.69) is 15.9 Å². The molecule has 0 saturated heterocycles. The summed E-state index contributed by atoms with van der Waals surface area (Å²) in [5, 5.41) is 10.6. The number of Topliss-reactive ketones (excluding diaryl/α,β-unsaturated/α-hetero) is 1. The number of benzene rings is 1. The van der Waals surface area contributed by atoms with E-state index in [9.17, 15) is 19.5 Å². The largest absolute Gasteiger partial charge is 0.506 e. The lowest BCUT2D eigenvalue weighted by Gasteiger charge is -2.13. The number of alkyl halides is 1. The van der Waals surface area contributed by atoms with Crippen molar-refractivity contribution in [3.05, 3.63) is 40.2 Å². The SMILES string of the molecule is CCOC(=O)[C@H](Br)C(=O)c1c(O)c2ccccc2n(C)c1=O. The summed E-state index contributed by atoms with van der Waals surface area (Å²) in [7, 11) is 1.49. The van der Waals surface area contributed by atoms with Crippen molar-refractivity contribution in [2.45, 2.75) is 11.8 Å². The number of carbonyl (C=O) groups is 2. The molecule has 7 heteroatoms. The van der Waals surface area contributed by atoms with E-state index >= 15 is 0 Å². The molecule has 2 rings (SSSR count).